The maximum absolute atomic E-state index is 11.1. The van der Waals surface area contributed by atoms with E-state index in [2.05, 4.69) is 5.32 Å². The second kappa shape index (κ2) is 6.07. The Bertz CT molecular complexity index is 1010. The third-order valence-electron chi connectivity index (χ3n) is 4.05. The summed E-state index contributed by atoms with van der Waals surface area (Å²) in [6.07, 6.45) is 0. The normalized spacial score (nSPS) is 12.3. The molecule has 1 aliphatic heterocycles. The number of benzene rings is 3. The van der Waals surface area contributed by atoms with Crippen LogP contribution < -0.4 is 5.32 Å². The molecule has 0 aromatic heterocycles. The summed E-state index contributed by atoms with van der Waals surface area (Å²) in [6.45, 7) is 0. The van der Waals surface area contributed by atoms with Crippen molar-refractivity contribution in [1.82, 2.24) is 0 Å². The third kappa shape index (κ3) is 2.88. The molecule has 2 N–H and O–H groups in total. The smallest absolute Gasteiger partial charge is 0.335 e. The van der Waals surface area contributed by atoms with Gasteiger partial charge in [0.1, 0.15) is 0 Å². The molecule has 0 amide bonds. The number of anilines is 2. The average Bonchev–Trinajstić information content (AvgIpc) is 2.78. The monoisotopic (exact) mass is 348 g/mol. The maximum atomic E-state index is 11.1. The van der Waals surface area contributed by atoms with Crippen molar-refractivity contribution in [3.63, 3.8) is 0 Å². The van der Waals surface area contributed by atoms with Crippen LogP contribution in [0.5, 0.6) is 0 Å². The Hall–Kier alpha value is -3.11. The lowest BCUT2D eigenvalue weighted by molar-refractivity contribution is 0.0697. The van der Waals surface area contributed by atoms with Gasteiger partial charge >= 0.3 is 5.97 Å². The number of halogens is 1. The van der Waals surface area contributed by atoms with Gasteiger partial charge in [0.25, 0.3) is 0 Å². The van der Waals surface area contributed by atoms with Crippen LogP contribution in [0, 0.1) is 0 Å². The third-order valence-corrected chi connectivity index (χ3v) is 4.28. The van der Waals surface area contributed by atoms with Gasteiger partial charge in [-0.05, 0) is 36.4 Å². The van der Waals surface area contributed by atoms with Crippen LogP contribution in [0.25, 0.3) is 0 Å². The van der Waals surface area contributed by atoms with Crippen LogP contribution in [0.15, 0.2) is 71.7 Å². The number of carbonyl (C=O) groups is 1. The maximum Gasteiger partial charge on any atom is 0.335 e. The first-order valence-electron chi connectivity index (χ1n) is 7.70. The number of hydrogen-bond acceptors (Lipinski definition) is 3. The van der Waals surface area contributed by atoms with Crippen LogP contribution in [0.3, 0.4) is 0 Å². The van der Waals surface area contributed by atoms with Crippen LogP contribution in [0.2, 0.25) is 5.02 Å². The molecule has 0 aliphatic carbocycles. The second-order valence-corrected chi connectivity index (χ2v) is 6.11. The second-order valence-electron chi connectivity index (χ2n) is 5.67. The van der Waals surface area contributed by atoms with Crippen LogP contribution in [0.4, 0.5) is 17.1 Å². The van der Waals surface area contributed by atoms with Crippen molar-refractivity contribution >= 4 is 40.3 Å². The number of para-hydroxylation sites is 1. The highest BCUT2D eigenvalue weighted by atomic mass is 35.5. The van der Waals surface area contributed by atoms with E-state index in [4.69, 9.17) is 21.7 Å². The SMILES string of the molecule is O=C(O)c1ccc(C2=Nc3cc(Cl)ccc3Nc3ccccc32)cc1. The predicted molar refractivity (Wildman–Crippen MR) is 99.9 cm³/mol. The molecule has 3 aromatic rings. The van der Waals surface area contributed by atoms with Crippen molar-refractivity contribution in [2.45, 2.75) is 0 Å². The number of carboxylic acid groups (broad SMARTS) is 1. The number of nitrogens with one attached hydrogen (secondary N) is 1. The standard InChI is InChI=1S/C20H13ClN2O2/c21-14-9-10-17-18(11-14)23-19(15-3-1-2-4-16(15)22-17)12-5-7-13(8-6-12)20(24)25/h1-11,22H,(H,24,25). The van der Waals surface area contributed by atoms with Crippen molar-refractivity contribution in [2.24, 2.45) is 4.99 Å². The Morgan fingerprint density at radius 3 is 2.48 bits per heavy atom. The van der Waals surface area contributed by atoms with E-state index in [9.17, 15) is 4.79 Å². The van der Waals surface area contributed by atoms with E-state index in [1.54, 1.807) is 30.3 Å². The van der Waals surface area contributed by atoms with Crippen molar-refractivity contribution in [3.8, 4) is 0 Å². The lowest BCUT2D eigenvalue weighted by Gasteiger charge is -2.10. The predicted octanol–water partition coefficient (Wildman–Crippen LogP) is 5.26. The van der Waals surface area contributed by atoms with Gasteiger partial charge in [-0.25, -0.2) is 9.79 Å². The summed E-state index contributed by atoms with van der Waals surface area (Å²) >= 11 is 6.13. The summed E-state index contributed by atoms with van der Waals surface area (Å²) in [7, 11) is 0. The van der Waals surface area contributed by atoms with Crippen molar-refractivity contribution < 1.29 is 9.90 Å². The number of nitrogens with zero attached hydrogens (tertiary/aromatic N) is 1. The summed E-state index contributed by atoms with van der Waals surface area (Å²) in [5.74, 6) is -0.950. The molecule has 1 aliphatic rings. The molecule has 0 saturated carbocycles. The van der Waals surface area contributed by atoms with Crippen LogP contribution in [0.1, 0.15) is 21.5 Å². The summed E-state index contributed by atoms with van der Waals surface area (Å²) in [5.41, 5.74) is 5.33. The number of rotatable bonds is 2. The molecule has 0 radical (unpaired) electrons. The molecule has 0 fully saturated rings. The minimum atomic E-state index is -0.950. The molecule has 4 rings (SSSR count). The first-order valence-corrected chi connectivity index (χ1v) is 8.08. The molecule has 122 valence electrons. The summed E-state index contributed by atoms with van der Waals surface area (Å²) < 4.78 is 0. The molecular formula is C20H13ClN2O2. The molecule has 0 unspecified atom stereocenters. The average molecular weight is 349 g/mol. The van der Waals surface area contributed by atoms with E-state index in [1.165, 1.54) is 0 Å². The Morgan fingerprint density at radius 2 is 1.72 bits per heavy atom. The van der Waals surface area contributed by atoms with Gasteiger partial charge in [-0.1, -0.05) is 41.9 Å². The zero-order chi connectivity index (χ0) is 17.4. The zero-order valence-corrected chi connectivity index (χ0v) is 13.8. The topological polar surface area (TPSA) is 61.7 Å². The van der Waals surface area contributed by atoms with E-state index in [1.807, 2.05) is 36.4 Å². The molecule has 0 atom stereocenters. The summed E-state index contributed by atoms with van der Waals surface area (Å²) in [6, 6.07) is 20.1. The first kappa shape index (κ1) is 15.4. The van der Waals surface area contributed by atoms with Gasteiger partial charge in [-0.2, -0.15) is 0 Å². The van der Waals surface area contributed by atoms with Crippen LogP contribution in [-0.2, 0) is 0 Å². The van der Waals surface area contributed by atoms with Crippen LogP contribution in [-0.4, -0.2) is 16.8 Å². The van der Waals surface area contributed by atoms with Gasteiger partial charge in [-0.3, -0.25) is 0 Å². The van der Waals surface area contributed by atoms with E-state index >= 15 is 0 Å². The molecule has 0 bridgehead atoms. The lowest BCUT2D eigenvalue weighted by Crippen LogP contribution is -2.05. The number of carboxylic acids is 1. The van der Waals surface area contributed by atoms with Gasteiger partial charge in [-0.15, -0.1) is 0 Å². The zero-order valence-electron chi connectivity index (χ0n) is 13.0. The van der Waals surface area contributed by atoms with E-state index in [0.29, 0.717) is 5.02 Å². The van der Waals surface area contributed by atoms with E-state index in [-0.39, 0.29) is 5.56 Å². The number of aliphatic imine (C=N–C) groups is 1. The fourth-order valence-corrected chi connectivity index (χ4v) is 2.98. The molecule has 1 heterocycles. The largest absolute Gasteiger partial charge is 0.478 e. The van der Waals surface area contributed by atoms with Crippen molar-refractivity contribution in [3.05, 3.63) is 88.4 Å². The number of fused-ring (bicyclic) bond motifs is 2. The number of aromatic carboxylic acids is 1. The minimum absolute atomic E-state index is 0.243. The summed E-state index contributed by atoms with van der Waals surface area (Å²) in [4.78, 5) is 15.9. The van der Waals surface area contributed by atoms with Crippen molar-refractivity contribution in [1.29, 1.82) is 0 Å². The lowest BCUT2D eigenvalue weighted by atomic mass is 9.99. The van der Waals surface area contributed by atoms with Crippen LogP contribution >= 0.6 is 11.6 Å². The van der Waals surface area contributed by atoms with Crippen molar-refractivity contribution in [2.75, 3.05) is 5.32 Å². The van der Waals surface area contributed by atoms with Gasteiger partial charge in [0, 0.05) is 21.8 Å². The Morgan fingerprint density at radius 1 is 0.960 bits per heavy atom. The molecule has 25 heavy (non-hydrogen) atoms. The molecular weight excluding hydrogens is 336 g/mol. The van der Waals surface area contributed by atoms with E-state index in [0.717, 1.165) is 33.9 Å². The molecule has 0 spiro atoms. The number of hydrogen-bond donors (Lipinski definition) is 2. The Labute approximate surface area is 149 Å². The Kier molecular flexibility index (Phi) is 3.75. The van der Waals surface area contributed by atoms with Gasteiger partial charge < -0.3 is 10.4 Å². The highest BCUT2D eigenvalue weighted by Crippen LogP contribution is 2.37. The summed E-state index contributed by atoms with van der Waals surface area (Å²) in [5, 5.41) is 13.1. The quantitative estimate of drug-likeness (QED) is 0.519. The fourth-order valence-electron chi connectivity index (χ4n) is 2.82. The highest BCUT2D eigenvalue weighted by Gasteiger charge is 2.18. The molecule has 4 nitrogen and oxygen atoms in total. The fraction of sp³-hybridized carbons (Fsp3) is 0. The molecule has 0 saturated heterocycles. The Balaban J connectivity index is 1.92. The molecule has 5 heteroatoms. The highest BCUT2D eigenvalue weighted by molar-refractivity contribution is 6.31. The minimum Gasteiger partial charge on any atom is -0.478 e. The van der Waals surface area contributed by atoms with E-state index < -0.39 is 5.97 Å². The first-order chi connectivity index (χ1) is 12.1. The van der Waals surface area contributed by atoms with Gasteiger partial charge in [0.15, 0.2) is 0 Å². The van der Waals surface area contributed by atoms with Gasteiger partial charge in [0.05, 0.1) is 22.6 Å². The van der Waals surface area contributed by atoms with Gasteiger partial charge in [0.2, 0.25) is 0 Å². The molecule has 3 aromatic carbocycles.